The van der Waals surface area contributed by atoms with Crippen LogP contribution in [0.1, 0.15) is 102 Å². The molecule has 358 valence electrons. The number of rotatable bonds is 13. The quantitative estimate of drug-likeness (QED) is 0.146. The summed E-state index contributed by atoms with van der Waals surface area (Å²) >= 11 is 0. The molecule has 4 aliphatic heterocycles. The second-order valence-corrected chi connectivity index (χ2v) is 18.0. The van der Waals surface area contributed by atoms with E-state index in [4.69, 9.17) is 13.9 Å². The number of oxazole rings is 1. The number of anilines is 1. The molecule has 3 saturated heterocycles. The second kappa shape index (κ2) is 24.2. The van der Waals surface area contributed by atoms with Crippen molar-refractivity contribution >= 4 is 46.7 Å². The highest BCUT2D eigenvalue weighted by molar-refractivity contribution is 5.91. The number of piperidine rings is 2. The molecule has 3 aromatic rings. The van der Waals surface area contributed by atoms with Crippen molar-refractivity contribution in [2.45, 2.75) is 117 Å². The Morgan fingerprint density at radius 2 is 1.52 bits per heavy atom. The summed E-state index contributed by atoms with van der Waals surface area (Å²) in [6, 6.07) is 11.4. The molecule has 2 aromatic carbocycles. The summed E-state index contributed by atoms with van der Waals surface area (Å²) in [7, 11) is 3.71. The van der Waals surface area contributed by atoms with Crippen LogP contribution < -0.4 is 11.1 Å². The highest BCUT2D eigenvalue weighted by atomic mass is 16.6. The van der Waals surface area contributed by atoms with Crippen molar-refractivity contribution in [2.75, 3.05) is 77.9 Å². The Morgan fingerprint density at radius 3 is 2.23 bits per heavy atom. The number of piperazine rings is 1. The summed E-state index contributed by atoms with van der Waals surface area (Å²) in [4.78, 5) is 85.2. The molecule has 0 aliphatic carbocycles. The maximum absolute atomic E-state index is 13.8. The number of carbonyl (C=O) groups is 5. The number of likely N-dealkylation sites (N-methyl/N-ethyl adjacent to an activating group) is 1. The first-order valence-electron chi connectivity index (χ1n) is 23.4. The molecule has 16 nitrogen and oxygen atoms in total. The predicted octanol–water partition coefficient (Wildman–Crippen LogP) is 6.60. The van der Waals surface area contributed by atoms with Gasteiger partial charge in [0.05, 0.1) is 18.5 Å². The molecule has 0 radical (unpaired) electrons. The van der Waals surface area contributed by atoms with Crippen molar-refractivity contribution in [3.8, 4) is 0 Å². The Balaban J connectivity index is 0.000000319. The maximum atomic E-state index is 13.8. The van der Waals surface area contributed by atoms with Gasteiger partial charge in [0.2, 0.25) is 5.91 Å². The summed E-state index contributed by atoms with van der Waals surface area (Å²) in [5.74, 6) is -0.279. The maximum Gasteiger partial charge on any atom is 0.419 e. The van der Waals surface area contributed by atoms with Gasteiger partial charge in [0.1, 0.15) is 0 Å². The van der Waals surface area contributed by atoms with E-state index in [9.17, 15) is 28.8 Å². The zero-order chi connectivity index (χ0) is 45.8. The number of carbonyl (C=O) groups excluding carboxylic acids is 5. The number of amides is 5. The average molecular weight is 904 g/mol. The minimum atomic E-state index is -1.00. The summed E-state index contributed by atoms with van der Waals surface area (Å²) in [6.07, 6.45) is 7.36. The van der Waals surface area contributed by atoms with Crippen LogP contribution in [0, 0.1) is 12.8 Å². The molecule has 4 aliphatic rings. The lowest BCUT2D eigenvalue weighted by molar-refractivity contribution is -0.146. The van der Waals surface area contributed by atoms with Crippen LogP contribution >= 0.6 is 0 Å². The molecule has 0 bridgehead atoms. The minimum Gasteiger partial charge on any atom is -0.466 e. The SMILES string of the molecule is C.CCCCCCOC(=O)CCC(=O)N1CCN(C)CC1.Cc1cc(C[C@@H](OC(=O)N2CCC(N3CCc4ccccc4NC3=O)CC2)C(=O)N2CCC(C)CC2)cc2oc(=O)n(C)c12. The lowest BCUT2D eigenvalue weighted by atomic mass is 9.98. The van der Waals surface area contributed by atoms with E-state index < -0.39 is 18.0 Å². The Kier molecular flexibility index (Phi) is 18.9. The number of urea groups is 1. The van der Waals surface area contributed by atoms with Crippen molar-refractivity contribution in [1.82, 2.24) is 29.1 Å². The monoisotopic (exact) mass is 904 g/mol. The molecule has 5 heterocycles. The molecule has 1 N–H and O–H groups in total. The van der Waals surface area contributed by atoms with Crippen molar-refractivity contribution in [3.05, 3.63) is 63.6 Å². The number of hydrogen-bond acceptors (Lipinski definition) is 10. The summed E-state index contributed by atoms with van der Waals surface area (Å²) in [5, 5.41) is 3.03. The summed E-state index contributed by atoms with van der Waals surface area (Å²) in [6.45, 7) is 12.8. The molecule has 1 aromatic heterocycles. The Labute approximate surface area is 384 Å². The fourth-order valence-corrected chi connectivity index (χ4v) is 9.03. The van der Waals surface area contributed by atoms with E-state index in [2.05, 4.69) is 31.1 Å². The lowest BCUT2D eigenvalue weighted by Crippen LogP contribution is -2.51. The third-order valence-electron chi connectivity index (χ3n) is 13.1. The standard InChI is InChI=1S/C33H41N5O6.C15H28N2O3.CH4/c1-21-8-13-36(14-9-21)30(39)28(20-23-18-22(2)29-27(19-23)43-32(41)35(29)3)44-33(42)37-15-11-25(12-16-37)38-17-10-24-6-4-5-7-26(24)34-31(38)40;1-3-4-5-6-13-20-15(19)8-7-14(18)17-11-9-16(2)10-12-17;/h4-7,18-19,21,25,28H,8-17,20H2,1-3H3,(H,34,40);3-13H2,1-2H3;1H4/t28-;;/m1../s1. The highest BCUT2D eigenvalue weighted by Crippen LogP contribution is 2.27. The van der Waals surface area contributed by atoms with Gasteiger partial charge in [0.15, 0.2) is 11.7 Å². The predicted molar refractivity (Wildman–Crippen MR) is 251 cm³/mol. The molecule has 16 heteroatoms. The van der Waals surface area contributed by atoms with Crippen LogP contribution in [0.15, 0.2) is 45.6 Å². The summed E-state index contributed by atoms with van der Waals surface area (Å²) in [5.41, 5.74) is 4.72. The van der Waals surface area contributed by atoms with Gasteiger partial charge in [-0.2, -0.15) is 0 Å². The second-order valence-electron chi connectivity index (χ2n) is 18.0. The molecule has 65 heavy (non-hydrogen) atoms. The van der Waals surface area contributed by atoms with Gasteiger partial charge in [0.25, 0.3) is 5.91 Å². The van der Waals surface area contributed by atoms with Gasteiger partial charge in [-0.05, 0) is 87.2 Å². The van der Waals surface area contributed by atoms with Gasteiger partial charge >= 0.3 is 23.8 Å². The van der Waals surface area contributed by atoms with Gasteiger partial charge in [-0.1, -0.05) is 64.8 Å². The molecular formula is C49H73N7O9. The number of unbranched alkanes of at least 4 members (excludes halogenated alkanes) is 3. The first-order valence-corrected chi connectivity index (χ1v) is 23.4. The number of ether oxygens (including phenoxy) is 2. The molecule has 3 fully saturated rings. The molecule has 0 saturated carbocycles. The van der Waals surface area contributed by atoms with Crippen LogP contribution in [-0.4, -0.2) is 144 Å². The topological polar surface area (TPSA) is 167 Å². The lowest BCUT2D eigenvalue weighted by Gasteiger charge is -2.38. The Bertz CT molecular complexity index is 2130. The van der Waals surface area contributed by atoms with Gasteiger partial charge in [-0.15, -0.1) is 0 Å². The molecule has 1 atom stereocenters. The van der Waals surface area contributed by atoms with Crippen molar-refractivity contribution in [3.63, 3.8) is 0 Å². The number of aromatic nitrogens is 1. The summed E-state index contributed by atoms with van der Waals surface area (Å²) < 4.78 is 18.0. The van der Waals surface area contributed by atoms with Gasteiger partial charge in [0, 0.05) is 90.5 Å². The molecule has 7 rings (SSSR count). The Morgan fingerprint density at radius 1 is 0.831 bits per heavy atom. The van der Waals surface area contributed by atoms with Crippen molar-refractivity contribution < 1.29 is 37.9 Å². The highest BCUT2D eigenvalue weighted by Gasteiger charge is 2.35. The van der Waals surface area contributed by atoms with Gasteiger partial charge in [-0.3, -0.25) is 19.0 Å². The van der Waals surface area contributed by atoms with E-state index in [1.54, 1.807) is 22.9 Å². The van der Waals surface area contributed by atoms with Crippen LogP contribution in [0.4, 0.5) is 15.3 Å². The van der Waals surface area contributed by atoms with Crippen LogP contribution in [0.3, 0.4) is 0 Å². The van der Waals surface area contributed by atoms with Crippen LogP contribution in [0.5, 0.6) is 0 Å². The third-order valence-corrected chi connectivity index (χ3v) is 13.1. The number of hydrogen-bond donors (Lipinski definition) is 1. The van der Waals surface area contributed by atoms with Crippen LogP contribution in [0.25, 0.3) is 11.1 Å². The number of para-hydroxylation sites is 1. The number of benzene rings is 2. The number of likely N-dealkylation sites (tertiary alicyclic amines) is 2. The van der Waals surface area contributed by atoms with Crippen LogP contribution in [0.2, 0.25) is 0 Å². The first-order chi connectivity index (χ1) is 30.8. The van der Waals surface area contributed by atoms with Gasteiger partial charge in [-0.25, -0.2) is 14.4 Å². The fraction of sp³-hybridized carbons (Fsp3) is 0.633. The molecule has 5 amide bonds. The van der Waals surface area contributed by atoms with Crippen molar-refractivity contribution in [2.24, 2.45) is 13.0 Å². The molecule has 0 unspecified atom stereocenters. The fourth-order valence-electron chi connectivity index (χ4n) is 9.03. The zero-order valence-corrected chi connectivity index (χ0v) is 38.6. The van der Waals surface area contributed by atoms with E-state index in [1.165, 1.54) is 17.4 Å². The number of esters is 1. The minimum absolute atomic E-state index is 0. The number of nitrogens with one attached hydrogen (secondary N) is 1. The normalized spacial score (nSPS) is 17.8. The van der Waals surface area contributed by atoms with E-state index in [0.717, 1.165) is 80.7 Å². The Hall–Kier alpha value is -5.38. The van der Waals surface area contributed by atoms with E-state index in [0.29, 0.717) is 69.2 Å². The molecule has 0 spiro atoms. The van der Waals surface area contributed by atoms with Crippen LogP contribution in [-0.2, 0) is 43.7 Å². The average Bonchev–Trinajstić information content (AvgIpc) is 3.46. The van der Waals surface area contributed by atoms with E-state index in [1.807, 2.05) is 47.1 Å². The number of aryl methyl sites for hydroxylation is 2. The van der Waals surface area contributed by atoms with E-state index >= 15 is 0 Å². The third kappa shape index (κ3) is 13.8. The number of fused-ring (bicyclic) bond motifs is 2. The smallest absolute Gasteiger partial charge is 0.419 e. The van der Waals surface area contributed by atoms with E-state index in [-0.39, 0.29) is 56.5 Å². The van der Waals surface area contributed by atoms with Gasteiger partial charge < -0.3 is 43.7 Å². The number of nitrogens with zero attached hydrogens (tertiary/aromatic N) is 6. The molecular weight excluding hydrogens is 831 g/mol. The zero-order valence-electron chi connectivity index (χ0n) is 38.6. The first kappa shape index (κ1) is 50.6. The van der Waals surface area contributed by atoms with Crippen molar-refractivity contribution in [1.29, 1.82) is 0 Å². The largest absolute Gasteiger partial charge is 0.466 e.